The van der Waals surface area contributed by atoms with Crippen molar-refractivity contribution < 1.29 is 4.79 Å². The van der Waals surface area contributed by atoms with Crippen molar-refractivity contribution >= 4 is 67.3 Å². The van der Waals surface area contributed by atoms with Crippen LogP contribution < -0.4 is 5.32 Å². The predicted octanol–water partition coefficient (Wildman–Crippen LogP) is 6.14. The summed E-state index contributed by atoms with van der Waals surface area (Å²) < 4.78 is 0. The molecule has 0 bridgehead atoms. The highest BCUT2D eigenvalue weighted by Gasteiger charge is 2.21. The van der Waals surface area contributed by atoms with Crippen molar-refractivity contribution in [1.29, 1.82) is 0 Å². The molecule has 5 aromatic rings. The molecule has 0 spiro atoms. The fourth-order valence-electron chi connectivity index (χ4n) is 3.12. The molecule has 0 atom stereocenters. The van der Waals surface area contributed by atoms with E-state index >= 15 is 0 Å². The Kier molecular flexibility index (Phi) is 5.19. The Morgan fingerprint density at radius 1 is 1.10 bits per heavy atom. The highest BCUT2D eigenvalue weighted by atomic mass is 35.5. The number of carbonyl (C=O) groups is 1. The first-order valence-electron chi connectivity index (χ1n) is 8.98. The molecule has 0 fully saturated rings. The Morgan fingerprint density at radius 2 is 1.97 bits per heavy atom. The summed E-state index contributed by atoms with van der Waals surface area (Å²) in [5, 5.41) is 4.29. The number of H-pyrrole nitrogens is 1. The monoisotopic (exact) mass is 486 g/mol. The summed E-state index contributed by atoms with van der Waals surface area (Å²) in [7, 11) is 0. The Hall–Kier alpha value is -2.85. The number of hydrogen-bond donors (Lipinski definition) is 2. The van der Waals surface area contributed by atoms with Crippen LogP contribution in [0.1, 0.15) is 6.92 Å². The Labute approximate surface area is 194 Å². The van der Waals surface area contributed by atoms with Gasteiger partial charge in [0.1, 0.15) is 28.2 Å². The van der Waals surface area contributed by atoms with Crippen molar-refractivity contribution in [2.45, 2.75) is 6.92 Å². The van der Waals surface area contributed by atoms with E-state index in [1.165, 1.54) is 35.9 Å². The van der Waals surface area contributed by atoms with E-state index in [9.17, 15) is 4.79 Å². The normalized spacial score (nSPS) is 11.2. The standard InChI is InChI=1S/C20H12Cl2N6OS2/c1-9(29)27-20-28-16-15(25-8-26-19(16)31-20)14-7-12(11-3-2-10(21)6-13(11)22)17(30-14)18-23-4-5-24-18/h2-8H,1H3,(H,23,24)(H,27,28,29). The van der Waals surface area contributed by atoms with Gasteiger partial charge in [-0.25, -0.2) is 19.9 Å². The van der Waals surface area contributed by atoms with E-state index in [2.05, 4.69) is 30.2 Å². The number of fused-ring (bicyclic) bond motifs is 1. The number of aromatic amines is 1. The molecule has 0 saturated heterocycles. The molecule has 0 aliphatic heterocycles. The Balaban J connectivity index is 1.71. The van der Waals surface area contributed by atoms with E-state index in [1.54, 1.807) is 24.5 Å². The molecule has 1 aromatic carbocycles. The topological polar surface area (TPSA) is 96.5 Å². The second-order valence-corrected chi connectivity index (χ2v) is 9.36. The van der Waals surface area contributed by atoms with Crippen molar-refractivity contribution in [2.75, 3.05) is 5.32 Å². The van der Waals surface area contributed by atoms with E-state index in [0.29, 0.717) is 31.2 Å². The molecule has 1 amide bonds. The third kappa shape index (κ3) is 3.81. The Bertz CT molecular complexity index is 1430. The number of carbonyl (C=O) groups excluding carboxylic acids is 1. The lowest BCUT2D eigenvalue weighted by Crippen LogP contribution is -2.04. The second-order valence-electron chi connectivity index (χ2n) is 6.49. The van der Waals surface area contributed by atoms with Crippen molar-refractivity contribution in [3.05, 3.63) is 53.0 Å². The summed E-state index contributed by atoms with van der Waals surface area (Å²) >= 11 is 15.4. The summed E-state index contributed by atoms with van der Waals surface area (Å²) in [6.07, 6.45) is 4.96. The van der Waals surface area contributed by atoms with Gasteiger partial charge in [0.05, 0.1) is 9.75 Å². The molecule has 4 aromatic heterocycles. The van der Waals surface area contributed by atoms with E-state index in [1.807, 2.05) is 12.1 Å². The van der Waals surface area contributed by atoms with Crippen molar-refractivity contribution in [3.8, 4) is 32.4 Å². The molecule has 0 unspecified atom stereocenters. The van der Waals surface area contributed by atoms with Crippen molar-refractivity contribution in [3.63, 3.8) is 0 Å². The smallest absolute Gasteiger partial charge is 0.223 e. The van der Waals surface area contributed by atoms with Crippen LogP contribution in [-0.4, -0.2) is 30.8 Å². The molecule has 2 N–H and O–H groups in total. The minimum atomic E-state index is -0.190. The molecule has 31 heavy (non-hydrogen) atoms. The number of halogens is 2. The van der Waals surface area contributed by atoms with Crippen LogP contribution in [0.5, 0.6) is 0 Å². The number of benzene rings is 1. The number of aromatic nitrogens is 5. The van der Waals surface area contributed by atoms with Gasteiger partial charge in [0, 0.05) is 40.5 Å². The maximum atomic E-state index is 11.4. The summed E-state index contributed by atoms with van der Waals surface area (Å²) in [5.74, 6) is 0.532. The molecular formula is C20H12Cl2N6OS2. The summed E-state index contributed by atoms with van der Waals surface area (Å²) in [6, 6.07) is 7.41. The maximum absolute atomic E-state index is 11.4. The average Bonchev–Trinajstić information content (AvgIpc) is 3.46. The van der Waals surface area contributed by atoms with Crippen LogP contribution in [0.2, 0.25) is 10.0 Å². The SMILES string of the molecule is CC(=O)Nc1nc2c(-c3cc(-c4ccc(Cl)cc4Cl)c(-c4ncc[nH]4)s3)ncnc2s1. The lowest BCUT2D eigenvalue weighted by Gasteiger charge is -2.05. The predicted molar refractivity (Wildman–Crippen MR) is 126 cm³/mol. The first kappa shape index (κ1) is 20.1. The van der Waals surface area contributed by atoms with E-state index in [0.717, 1.165) is 26.7 Å². The number of anilines is 1. The van der Waals surface area contributed by atoms with E-state index < -0.39 is 0 Å². The van der Waals surface area contributed by atoms with Gasteiger partial charge < -0.3 is 10.3 Å². The van der Waals surface area contributed by atoms with Gasteiger partial charge in [0.25, 0.3) is 0 Å². The van der Waals surface area contributed by atoms with Gasteiger partial charge in [0.15, 0.2) is 5.13 Å². The van der Waals surface area contributed by atoms with Crippen LogP contribution >= 0.6 is 45.9 Å². The fraction of sp³-hybridized carbons (Fsp3) is 0.0500. The molecule has 0 saturated carbocycles. The van der Waals surface area contributed by atoms with E-state index in [-0.39, 0.29) is 5.91 Å². The van der Waals surface area contributed by atoms with Crippen LogP contribution in [-0.2, 0) is 4.79 Å². The van der Waals surface area contributed by atoms with Crippen LogP contribution in [0, 0.1) is 0 Å². The van der Waals surface area contributed by atoms with Crippen LogP contribution in [0.3, 0.4) is 0 Å². The van der Waals surface area contributed by atoms with Gasteiger partial charge >= 0.3 is 0 Å². The molecule has 0 radical (unpaired) electrons. The number of amides is 1. The van der Waals surface area contributed by atoms with E-state index in [4.69, 9.17) is 23.2 Å². The quantitative estimate of drug-likeness (QED) is 0.318. The first-order valence-corrected chi connectivity index (χ1v) is 11.4. The third-order valence-corrected chi connectivity index (χ3v) is 6.95. The number of nitrogens with zero attached hydrogens (tertiary/aromatic N) is 4. The Morgan fingerprint density at radius 3 is 2.71 bits per heavy atom. The van der Waals surface area contributed by atoms with Crippen LogP contribution in [0.4, 0.5) is 5.13 Å². The molecule has 0 aliphatic rings. The molecule has 154 valence electrons. The zero-order valence-electron chi connectivity index (χ0n) is 15.8. The highest BCUT2D eigenvalue weighted by molar-refractivity contribution is 7.22. The minimum absolute atomic E-state index is 0.190. The summed E-state index contributed by atoms with van der Waals surface area (Å²) in [4.78, 5) is 34.8. The molecule has 11 heteroatoms. The average molecular weight is 487 g/mol. The second kappa shape index (κ2) is 8.01. The van der Waals surface area contributed by atoms with Gasteiger partial charge in [0.2, 0.25) is 5.91 Å². The number of thiophene rings is 1. The first-order chi connectivity index (χ1) is 15.0. The van der Waals surface area contributed by atoms with Gasteiger partial charge in [-0.05, 0) is 18.2 Å². The van der Waals surface area contributed by atoms with Crippen LogP contribution in [0.25, 0.3) is 42.7 Å². The number of thiazole rings is 1. The zero-order chi connectivity index (χ0) is 21.5. The van der Waals surface area contributed by atoms with Crippen LogP contribution in [0.15, 0.2) is 43.0 Å². The fourth-order valence-corrected chi connectivity index (χ4v) is 5.61. The zero-order valence-corrected chi connectivity index (χ0v) is 19.0. The lowest BCUT2D eigenvalue weighted by atomic mass is 10.1. The van der Waals surface area contributed by atoms with Gasteiger partial charge in [-0.2, -0.15) is 0 Å². The summed E-state index contributed by atoms with van der Waals surface area (Å²) in [5.41, 5.74) is 3.03. The number of hydrogen-bond acceptors (Lipinski definition) is 7. The molecule has 0 aliphatic carbocycles. The van der Waals surface area contributed by atoms with Gasteiger partial charge in [-0.15, -0.1) is 11.3 Å². The molecule has 5 rings (SSSR count). The largest absolute Gasteiger partial charge is 0.344 e. The highest BCUT2D eigenvalue weighted by Crippen LogP contribution is 2.45. The maximum Gasteiger partial charge on any atom is 0.223 e. The van der Waals surface area contributed by atoms with Crippen molar-refractivity contribution in [2.24, 2.45) is 0 Å². The third-order valence-electron chi connectivity index (χ3n) is 4.38. The lowest BCUT2D eigenvalue weighted by molar-refractivity contribution is -0.114. The number of nitrogens with one attached hydrogen (secondary N) is 2. The van der Waals surface area contributed by atoms with Gasteiger partial charge in [-0.3, -0.25) is 4.79 Å². The number of rotatable bonds is 4. The van der Waals surface area contributed by atoms with Crippen molar-refractivity contribution in [1.82, 2.24) is 24.9 Å². The summed E-state index contributed by atoms with van der Waals surface area (Å²) in [6.45, 7) is 1.44. The molecular weight excluding hydrogens is 475 g/mol. The number of imidazole rings is 1. The molecule has 4 heterocycles. The minimum Gasteiger partial charge on any atom is -0.344 e. The van der Waals surface area contributed by atoms with Gasteiger partial charge in [-0.1, -0.05) is 40.6 Å². The molecule has 7 nitrogen and oxygen atoms in total.